The maximum Gasteiger partial charge on any atom is 0.353 e. The number of ether oxygens (including phenoxy) is 2. The fraction of sp³-hybridized carbons (Fsp3) is 0.714. The summed E-state index contributed by atoms with van der Waals surface area (Å²) in [5.41, 5.74) is 5.55. The number of hydrogen-bond acceptors (Lipinski definition) is 9. The summed E-state index contributed by atoms with van der Waals surface area (Å²) >= 11 is 0. The Labute approximate surface area is 140 Å². The van der Waals surface area contributed by atoms with E-state index in [9.17, 15) is 10.1 Å². The highest BCUT2D eigenvalue weighted by atomic mass is 16.6. The molecule has 1 aliphatic heterocycles. The average molecular weight is 340 g/mol. The molecular formula is C14H24N6O4. The molecule has 134 valence electrons. The minimum atomic E-state index is -0.538. The SMILES string of the molecule is COCCCNc1nc(N)c([N+](=O)[O-])c(N2CC(C)OC(C)C2)n1. The Hall–Kier alpha value is -2.20. The number of anilines is 3. The van der Waals surface area contributed by atoms with Gasteiger partial charge in [0.1, 0.15) is 0 Å². The molecule has 1 aromatic rings. The van der Waals surface area contributed by atoms with Crippen molar-refractivity contribution in [2.24, 2.45) is 0 Å². The van der Waals surface area contributed by atoms with E-state index in [1.165, 1.54) is 0 Å². The normalized spacial score (nSPS) is 20.9. The van der Waals surface area contributed by atoms with Gasteiger partial charge in [0.2, 0.25) is 17.6 Å². The molecule has 0 radical (unpaired) electrons. The highest BCUT2D eigenvalue weighted by Gasteiger charge is 2.31. The summed E-state index contributed by atoms with van der Waals surface area (Å²) in [6, 6.07) is 0. The van der Waals surface area contributed by atoms with Crippen molar-refractivity contribution < 1.29 is 14.4 Å². The predicted octanol–water partition coefficient (Wildman–Crippen LogP) is 1.03. The minimum absolute atomic E-state index is 0.0531. The standard InChI is InChI=1S/C14H24N6O4/c1-9-7-19(8-10(2)24-9)13-11(20(21)22)12(15)17-14(18-13)16-5-4-6-23-3/h9-10H,4-8H2,1-3H3,(H3,15,16,17,18). The highest BCUT2D eigenvalue weighted by molar-refractivity contribution is 5.71. The Bertz CT molecular complexity index is 575. The van der Waals surface area contributed by atoms with Gasteiger partial charge in [-0.1, -0.05) is 0 Å². The molecular weight excluding hydrogens is 316 g/mol. The maximum atomic E-state index is 11.4. The van der Waals surface area contributed by atoms with Crippen molar-refractivity contribution in [2.45, 2.75) is 32.5 Å². The van der Waals surface area contributed by atoms with Crippen LogP contribution in [0.2, 0.25) is 0 Å². The van der Waals surface area contributed by atoms with Crippen LogP contribution < -0.4 is 16.0 Å². The van der Waals surface area contributed by atoms with Gasteiger partial charge in [0.05, 0.1) is 17.1 Å². The molecule has 2 atom stereocenters. The van der Waals surface area contributed by atoms with Crippen LogP contribution in [0, 0.1) is 10.1 Å². The molecule has 1 saturated heterocycles. The Morgan fingerprint density at radius 2 is 2.08 bits per heavy atom. The summed E-state index contributed by atoms with van der Waals surface area (Å²) in [7, 11) is 1.62. The number of morpholine rings is 1. The van der Waals surface area contributed by atoms with Crippen molar-refractivity contribution >= 4 is 23.3 Å². The molecule has 1 aliphatic rings. The molecule has 0 bridgehead atoms. The van der Waals surface area contributed by atoms with E-state index in [4.69, 9.17) is 15.2 Å². The van der Waals surface area contributed by atoms with Crippen LogP contribution in [-0.2, 0) is 9.47 Å². The van der Waals surface area contributed by atoms with Gasteiger partial charge in [0, 0.05) is 33.4 Å². The lowest BCUT2D eigenvalue weighted by Crippen LogP contribution is -2.46. The van der Waals surface area contributed by atoms with Gasteiger partial charge in [-0.3, -0.25) is 10.1 Å². The largest absolute Gasteiger partial charge is 0.385 e. The van der Waals surface area contributed by atoms with E-state index >= 15 is 0 Å². The number of nitrogens with one attached hydrogen (secondary N) is 1. The second-order valence-electron chi connectivity index (χ2n) is 5.80. The van der Waals surface area contributed by atoms with E-state index in [0.717, 1.165) is 6.42 Å². The van der Waals surface area contributed by atoms with Crippen LogP contribution in [0.3, 0.4) is 0 Å². The molecule has 0 amide bonds. The maximum absolute atomic E-state index is 11.4. The molecule has 0 aliphatic carbocycles. The van der Waals surface area contributed by atoms with Crippen molar-refractivity contribution in [2.75, 3.05) is 49.3 Å². The molecule has 0 aromatic carbocycles. The first-order valence-corrected chi connectivity index (χ1v) is 7.87. The first-order chi connectivity index (χ1) is 11.4. The Kier molecular flexibility index (Phi) is 6.10. The average Bonchev–Trinajstić information content (AvgIpc) is 2.49. The van der Waals surface area contributed by atoms with Crippen molar-refractivity contribution in [1.29, 1.82) is 0 Å². The highest BCUT2D eigenvalue weighted by Crippen LogP contribution is 2.33. The summed E-state index contributed by atoms with van der Waals surface area (Å²) in [4.78, 5) is 21.0. The zero-order chi connectivity index (χ0) is 17.7. The second-order valence-corrected chi connectivity index (χ2v) is 5.80. The third kappa shape index (κ3) is 4.42. The summed E-state index contributed by atoms with van der Waals surface area (Å²) in [5.74, 6) is 0.353. The molecule has 3 N–H and O–H groups in total. The lowest BCUT2D eigenvalue weighted by molar-refractivity contribution is -0.383. The van der Waals surface area contributed by atoms with Crippen molar-refractivity contribution in [1.82, 2.24) is 9.97 Å². The third-order valence-electron chi connectivity index (χ3n) is 3.60. The van der Waals surface area contributed by atoms with Gasteiger partial charge in [0.25, 0.3) is 0 Å². The van der Waals surface area contributed by atoms with E-state index in [1.54, 1.807) is 7.11 Å². The predicted molar refractivity (Wildman–Crippen MR) is 90.3 cm³/mol. The van der Waals surface area contributed by atoms with Gasteiger partial charge < -0.3 is 25.4 Å². The van der Waals surface area contributed by atoms with Gasteiger partial charge in [-0.15, -0.1) is 0 Å². The van der Waals surface area contributed by atoms with E-state index in [2.05, 4.69) is 15.3 Å². The monoisotopic (exact) mass is 340 g/mol. The van der Waals surface area contributed by atoms with Crippen molar-refractivity contribution in [3.8, 4) is 0 Å². The molecule has 2 unspecified atom stereocenters. The molecule has 10 heteroatoms. The van der Waals surface area contributed by atoms with Gasteiger partial charge >= 0.3 is 5.69 Å². The zero-order valence-corrected chi connectivity index (χ0v) is 14.2. The molecule has 0 saturated carbocycles. The fourth-order valence-corrected chi connectivity index (χ4v) is 2.70. The van der Waals surface area contributed by atoms with Gasteiger partial charge in [-0.2, -0.15) is 9.97 Å². The second kappa shape index (κ2) is 8.06. The quantitative estimate of drug-likeness (QED) is 0.424. The van der Waals surface area contributed by atoms with Gasteiger partial charge in [-0.05, 0) is 20.3 Å². The Balaban J connectivity index is 2.28. The third-order valence-corrected chi connectivity index (χ3v) is 3.60. The number of rotatable bonds is 7. The summed E-state index contributed by atoms with van der Waals surface area (Å²) < 4.78 is 10.7. The number of nitrogen functional groups attached to an aromatic ring is 1. The fourth-order valence-electron chi connectivity index (χ4n) is 2.70. The number of nitrogens with zero attached hydrogens (tertiary/aromatic N) is 4. The van der Waals surface area contributed by atoms with Crippen LogP contribution in [0.5, 0.6) is 0 Å². The van der Waals surface area contributed by atoms with E-state index < -0.39 is 4.92 Å². The summed E-state index contributed by atoms with van der Waals surface area (Å²) in [6.07, 6.45) is 0.655. The van der Waals surface area contributed by atoms with E-state index in [1.807, 2.05) is 18.7 Å². The zero-order valence-electron chi connectivity index (χ0n) is 14.2. The van der Waals surface area contributed by atoms with E-state index in [0.29, 0.717) is 26.2 Å². The smallest absolute Gasteiger partial charge is 0.353 e. The lowest BCUT2D eigenvalue weighted by atomic mass is 10.2. The molecule has 2 rings (SSSR count). The number of nitro groups is 1. The molecule has 2 heterocycles. The minimum Gasteiger partial charge on any atom is -0.385 e. The Morgan fingerprint density at radius 3 is 2.67 bits per heavy atom. The van der Waals surface area contributed by atoms with Crippen LogP contribution >= 0.6 is 0 Å². The Morgan fingerprint density at radius 1 is 1.42 bits per heavy atom. The molecule has 1 fully saturated rings. The summed E-state index contributed by atoms with van der Waals surface area (Å²) in [6.45, 7) is 6.03. The van der Waals surface area contributed by atoms with Crippen LogP contribution in [0.4, 0.5) is 23.3 Å². The molecule has 24 heavy (non-hydrogen) atoms. The first-order valence-electron chi connectivity index (χ1n) is 7.87. The van der Waals surface area contributed by atoms with Crippen LogP contribution in [-0.4, -0.2) is 60.5 Å². The number of hydrogen-bond donors (Lipinski definition) is 2. The van der Waals surface area contributed by atoms with Gasteiger partial charge in [-0.25, -0.2) is 0 Å². The number of methoxy groups -OCH3 is 1. The lowest BCUT2D eigenvalue weighted by Gasteiger charge is -2.35. The molecule has 0 spiro atoms. The molecule has 10 nitrogen and oxygen atoms in total. The number of aromatic nitrogens is 2. The van der Waals surface area contributed by atoms with E-state index in [-0.39, 0.29) is 35.5 Å². The number of nitrogens with two attached hydrogens (primary N) is 1. The van der Waals surface area contributed by atoms with Crippen molar-refractivity contribution in [3.05, 3.63) is 10.1 Å². The van der Waals surface area contributed by atoms with Crippen molar-refractivity contribution in [3.63, 3.8) is 0 Å². The van der Waals surface area contributed by atoms with Crippen LogP contribution in [0.25, 0.3) is 0 Å². The van der Waals surface area contributed by atoms with Crippen LogP contribution in [0.1, 0.15) is 20.3 Å². The summed E-state index contributed by atoms with van der Waals surface area (Å²) in [5, 5.41) is 14.4. The molecule has 1 aromatic heterocycles. The first kappa shape index (κ1) is 18.1. The van der Waals surface area contributed by atoms with Gasteiger partial charge in [0.15, 0.2) is 0 Å². The van der Waals surface area contributed by atoms with Crippen LogP contribution in [0.15, 0.2) is 0 Å². The topological polar surface area (TPSA) is 129 Å².